The molecule has 0 spiro atoms. The van der Waals surface area contributed by atoms with Crippen LogP contribution in [-0.4, -0.2) is 30.4 Å². The van der Waals surface area contributed by atoms with Crippen molar-refractivity contribution in [3.05, 3.63) is 28.8 Å². The number of imide groups is 1. The maximum absolute atomic E-state index is 12.5. The van der Waals surface area contributed by atoms with Gasteiger partial charge in [0.15, 0.2) is 0 Å². The first-order chi connectivity index (χ1) is 11.8. The summed E-state index contributed by atoms with van der Waals surface area (Å²) in [5.74, 6) is -0.550. The van der Waals surface area contributed by atoms with E-state index in [0.29, 0.717) is 17.7 Å². The number of carbonyl (C=O) groups excluding carboxylic acids is 2. The third-order valence-electron chi connectivity index (χ3n) is 3.76. The Morgan fingerprint density at radius 3 is 2.44 bits per heavy atom. The Bertz CT molecular complexity index is 936. The van der Waals surface area contributed by atoms with Gasteiger partial charge in [0.25, 0.3) is 10.0 Å². The predicted octanol–water partition coefficient (Wildman–Crippen LogP) is 1.86. The second-order valence-corrected chi connectivity index (χ2v) is 8.28. The molecule has 2 aromatic rings. The molecule has 1 aromatic carbocycles. The molecule has 0 saturated carbocycles. The van der Waals surface area contributed by atoms with E-state index in [4.69, 9.17) is 0 Å². The molecule has 25 heavy (non-hydrogen) atoms. The van der Waals surface area contributed by atoms with Crippen LogP contribution >= 0.6 is 11.3 Å². The molecular formula is C15H16N4O4S2. The molecular weight excluding hydrogens is 364 g/mol. The van der Waals surface area contributed by atoms with Gasteiger partial charge in [-0.25, -0.2) is 8.42 Å². The lowest BCUT2D eigenvalue weighted by Crippen LogP contribution is -2.29. The summed E-state index contributed by atoms with van der Waals surface area (Å²) in [6, 6.07) is 4.27. The summed E-state index contributed by atoms with van der Waals surface area (Å²) >= 11 is 1.17. The van der Waals surface area contributed by atoms with Gasteiger partial charge in [0.1, 0.15) is 5.01 Å². The number of nitrogens with zero attached hydrogens (tertiary/aromatic N) is 3. The van der Waals surface area contributed by atoms with E-state index >= 15 is 0 Å². The zero-order chi connectivity index (χ0) is 18.2. The van der Waals surface area contributed by atoms with Crippen molar-refractivity contribution < 1.29 is 18.0 Å². The van der Waals surface area contributed by atoms with Crippen molar-refractivity contribution in [1.82, 2.24) is 10.2 Å². The standard InChI is InChI=1S/C15H16N4O4S2/c1-3-12-16-17-15(24-12)18-25(22,23)10-4-5-11(9(2)8-10)19-13(20)6-7-14(19)21/h4-5,8H,3,6-7H2,1-2H3,(H,17,18). The maximum atomic E-state index is 12.5. The summed E-state index contributed by atoms with van der Waals surface area (Å²) < 4.78 is 27.4. The highest BCUT2D eigenvalue weighted by Crippen LogP contribution is 2.29. The molecule has 0 atom stereocenters. The number of benzene rings is 1. The second kappa shape index (κ2) is 6.52. The number of aromatic nitrogens is 2. The monoisotopic (exact) mass is 380 g/mol. The minimum atomic E-state index is -3.83. The fourth-order valence-corrected chi connectivity index (χ4v) is 4.50. The topological polar surface area (TPSA) is 109 Å². The summed E-state index contributed by atoms with van der Waals surface area (Å²) in [5, 5.41) is 8.60. The zero-order valence-electron chi connectivity index (χ0n) is 13.6. The number of hydrogen-bond acceptors (Lipinski definition) is 7. The van der Waals surface area contributed by atoms with Crippen molar-refractivity contribution in [2.75, 3.05) is 9.62 Å². The van der Waals surface area contributed by atoms with E-state index in [9.17, 15) is 18.0 Å². The molecule has 0 radical (unpaired) electrons. The predicted molar refractivity (Wildman–Crippen MR) is 93.0 cm³/mol. The van der Waals surface area contributed by atoms with Crippen LogP contribution in [0.15, 0.2) is 23.1 Å². The third kappa shape index (κ3) is 3.40. The fraction of sp³-hybridized carbons (Fsp3) is 0.333. The SMILES string of the molecule is CCc1nnc(NS(=O)(=O)c2ccc(N3C(=O)CCC3=O)c(C)c2)s1. The Hall–Kier alpha value is -2.33. The molecule has 132 valence electrons. The minimum Gasteiger partial charge on any atom is -0.274 e. The molecule has 1 fully saturated rings. The van der Waals surface area contributed by atoms with E-state index < -0.39 is 10.0 Å². The molecule has 8 nitrogen and oxygen atoms in total. The number of carbonyl (C=O) groups is 2. The van der Waals surface area contributed by atoms with Gasteiger partial charge < -0.3 is 0 Å². The molecule has 10 heteroatoms. The summed E-state index contributed by atoms with van der Waals surface area (Å²) in [4.78, 5) is 24.8. The highest BCUT2D eigenvalue weighted by molar-refractivity contribution is 7.93. The number of nitrogens with one attached hydrogen (secondary N) is 1. The fourth-order valence-electron chi connectivity index (χ4n) is 2.50. The van der Waals surface area contributed by atoms with Crippen LogP contribution in [0.5, 0.6) is 0 Å². The largest absolute Gasteiger partial charge is 0.274 e. The Balaban J connectivity index is 1.89. The van der Waals surface area contributed by atoms with Gasteiger partial charge in [-0.3, -0.25) is 19.2 Å². The summed E-state index contributed by atoms with van der Waals surface area (Å²) in [5.41, 5.74) is 0.939. The zero-order valence-corrected chi connectivity index (χ0v) is 15.3. The highest BCUT2D eigenvalue weighted by Gasteiger charge is 2.31. The van der Waals surface area contributed by atoms with E-state index in [1.54, 1.807) is 6.92 Å². The second-order valence-electron chi connectivity index (χ2n) is 5.53. The smallest absolute Gasteiger partial charge is 0.263 e. The van der Waals surface area contributed by atoms with Crippen molar-refractivity contribution in [3.63, 3.8) is 0 Å². The third-order valence-corrected chi connectivity index (χ3v) is 6.21. The van der Waals surface area contributed by atoms with Gasteiger partial charge in [0, 0.05) is 12.8 Å². The molecule has 0 aliphatic carbocycles. The maximum Gasteiger partial charge on any atom is 0.263 e. The Morgan fingerprint density at radius 1 is 1.20 bits per heavy atom. The van der Waals surface area contributed by atoms with Gasteiger partial charge in [-0.1, -0.05) is 18.3 Å². The van der Waals surface area contributed by atoms with E-state index in [-0.39, 0.29) is 34.7 Å². The lowest BCUT2D eigenvalue weighted by Gasteiger charge is -2.17. The minimum absolute atomic E-state index is 0.0288. The lowest BCUT2D eigenvalue weighted by atomic mass is 10.2. The Labute approximate surface area is 148 Å². The van der Waals surface area contributed by atoms with Gasteiger partial charge >= 0.3 is 0 Å². The number of amides is 2. The van der Waals surface area contributed by atoms with Gasteiger partial charge in [-0.05, 0) is 37.1 Å². The molecule has 1 N–H and O–H groups in total. The Kier molecular flexibility index (Phi) is 4.56. The first-order valence-electron chi connectivity index (χ1n) is 7.63. The average Bonchev–Trinajstić information content (AvgIpc) is 3.14. The molecule has 2 heterocycles. The van der Waals surface area contributed by atoms with Crippen LogP contribution in [0, 0.1) is 6.92 Å². The molecule has 0 unspecified atom stereocenters. The number of rotatable bonds is 5. The number of aryl methyl sites for hydroxylation is 2. The quantitative estimate of drug-likeness (QED) is 0.793. The number of anilines is 2. The molecule has 1 aromatic heterocycles. The number of hydrogen-bond donors (Lipinski definition) is 1. The van der Waals surface area contributed by atoms with Crippen molar-refractivity contribution in [2.24, 2.45) is 0 Å². The molecule has 1 aliphatic rings. The van der Waals surface area contributed by atoms with Crippen LogP contribution in [0.3, 0.4) is 0 Å². The van der Waals surface area contributed by atoms with Crippen molar-refractivity contribution >= 4 is 44.0 Å². The molecule has 0 bridgehead atoms. The molecule has 3 rings (SSSR count). The number of sulfonamides is 1. The van der Waals surface area contributed by atoms with Gasteiger partial charge in [-0.15, -0.1) is 10.2 Å². The summed E-state index contributed by atoms with van der Waals surface area (Å²) in [7, 11) is -3.83. The van der Waals surface area contributed by atoms with Crippen LogP contribution in [0.25, 0.3) is 0 Å². The van der Waals surface area contributed by atoms with E-state index in [0.717, 1.165) is 9.91 Å². The van der Waals surface area contributed by atoms with Gasteiger partial charge in [0.05, 0.1) is 10.6 Å². The summed E-state index contributed by atoms with van der Waals surface area (Å²) in [6.45, 7) is 3.56. The Morgan fingerprint density at radius 2 is 1.88 bits per heavy atom. The van der Waals surface area contributed by atoms with Gasteiger partial charge in [-0.2, -0.15) is 0 Å². The van der Waals surface area contributed by atoms with Crippen LogP contribution < -0.4 is 9.62 Å². The first-order valence-corrected chi connectivity index (χ1v) is 9.93. The van der Waals surface area contributed by atoms with Crippen molar-refractivity contribution in [3.8, 4) is 0 Å². The van der Waals surface area contributed by atoms with Crippen molar-refractivity contribution in [2.45, 2.75) is 38.0 Å². The normalized spacial score (nSPS) is 15.0. The van der Waals surface area contributed by atoms with Crippen LogP contribution in [0.4, 0.5) is 10.8 Å². The molecule has 2 amide bonds. The van der Waals surface area contributed by atoms with Crippen molar-refractivity contribution in [1.29, 1.82) is 0 Å². The van der Waals surface area contributed by atoms with E-state index in [1.807, 2.05) is 6.92 Å². The molecule has 1 saturated heterocycles. The van der Waals surface area contributed by atoms with Crippen LogP contribution in [-0.2, 0) is 26.0 Å². The van der Waals surface area contributed by atoms with Crippen LogP contribution in [0.2, 0.25) is 0 Å². The molecule has 1 aliphatic heterocycles. The first kappa shape index (κ1) is 17.5. The van der Waals surface area contributed by atoms with E-state index in [2.05, 4.69) is 14.9 Å². The summed E-state index contributed by atoms with van der Waals surface area (Å²) in [6.07, 6.45) is 1.03. The highest BCUT2D eigenvalue weighted by atomic mass is 32.2. The van der Waals surface area contributed by atoms with E-state index in [1.165, 1.54) is 29.5 Å². The average molecular weight is 380 g/mol. The van der Waals surface area contributed by atoms with Crippen LogP contribution in [0.1, 0.15) is 30.3 Å². The lowest BCUT2D eigenvalue weighted by molar-refractivity contribution is -0.121. The van der Waals surface area contributed by atoms with Gasteiger partial charge in [0.2, 0.25) is 16.9 Å².